The van der Waals surface area contributed by atoms with Crippen molar-refractivity contribution in [1.82, 2.24) is 10.1 Å². The molecule has 0 aliphatic carbocycles. The average Bonchev–Trinajstić information content (AvgIpc) is 3.14. The molecule has 0 N–H and O–H groups in total. The lowest BCUT2D eigenvalue weighted by atomic mass is 9.88. The minimum Gasteiger partial charge on any atom is -0.479 e. The highest BCUT2D eigenvalue weighted by atomic mass is 16.6. The van der Waals surface area contributed by atoms with Crippen LogP contribution in [0.5, 0.6) is 5.88 Å². The molecule has 2 aliphatic heterocycles. The van der Waals surface area contributed by atoms with E-state index >= 15 is 0 Å². The van der Waals surface area contributed by atoms with Gasteiger partial charge in [0.2, 0.25) is 5.76 Å². The fourth-order valence-electron chi connectivity index (χ4n) is 3.03. The number of nitrogens with zero attached hydrogens (tertiary/aromatic N) is 2. The molecule has 1 amide bonds. The second kappa shape index (κ2) is 5.65. The monoisotopic (exact) mass is 296 g/mol. The first-order valence-electron chi connectivity index (χ1n) is 7.12. The fraction of sp³-hybridized carbons (Fsp3) is 0.714. The molecule has 2 saturated heterocycles. The van der Waals surface area contributed by atoms with E-state index < -0.39 is 0 Å². The van der Waals surface area contributed by atoms with Crippen LogP contribution in [0.25, 0.3) is 0 Å². The maximum absolute atomic E-state index is 12.3. The first kappa shape index (κ1) is 14.3. The molecule has 0 radical (unpaired) electrons. The van der Waals surface area contributed by atoms with Crippen molar-refractivity contribution in [1.29, 1.82) is 0 Å². The number of methoxy groups -OCH3 is 2. The zero-order valence-corrected chi connectivity index (χ0v) is 12.3. The molecule has 1 aromatic rings. The Hall–Kier alpha value is -1.60. The number of aromatic nitrogens is 1. The van der Waals surface area contributed by atoms with Crippen molar-refractivity contribution in [2.45, 2.75) is 31.0 Å². The minimum absolute atomic E-state index is 0.128. The standard InChI is InChI=1S/C14H20N2O5/c1-18-10-8-14(20-9-10)3-5-16(6-4-14)13(17)11-7-12(19-2)15-21-11/h7,10H,3-6,8-9H2,1-2H3. The SMILES string of the molecule is COc1cc(C(=O)N2CCC3(CC2)CC(OC)CO3)on1. The van der Waals surface area contributed by atoms with Gasteiger partial charge in [-0.25, -0.2) is 0 Å². The number of piperidine rings is 1. The molecule has 7 nitrogen and oxygen atoms in total. The Morgan fingerprint density at radius 3 is 2.76 bits per heavy atom. The molecular formula is C14H20N2O5. The maximum atomic E-state index is 12.3. The number of likely N-dealkylation sites (tertiary alicyclic amines) is 1. The highest BCUT2D eigenvalue weighted by Gasteiger charge is 2.43. The molecule has 3 rings (SSSR count). The van der Waals surface area contributed by atoms with Crippen LogP contribution < -0.4 is 4.74 Å². The lowest BCUT2D eigenvalue weighted by Gasteiger charge is -2.38. The normalized spacial score (nSPS) is 24.5. The van der Waals surface area contributed by atoms with Crippen molar-refractivity contribution >= 4 is 5.91 Å². The molecule has 1 atom stereocenters. The van der Waals surface area contributed by atoms with Crippen LogP contribution in [0.3, 0.4) is 0 Å². The summed E-state index contributed by atoms with van der Waals surface area (Å²) in [6, 6.07) is 1.51. The predicted molar refractivity (Wildman–Crippen MR) is 72.3 cm³/mol. The van der Waals surface area contributed by atoms with Crippen molar-refractivity contribution in [2.24, 2.45) is 0 Å². The van der Waals surface area contributed by atoms with Crippen LogP contribution in [-0.2, 0) is 9.47 Å². The Balaban J connectivity index is 1.59. The number of carbonyl (C=O) groups is 1. The summed E-state index contributed by atoms with van der Waals surface area (Å²) in [5.74, 6) is 0.376. The first-order valence-corrected chi connectivity index (χ1v) is 7.12. The molecule has 2 fully saturated rings. The van der Waals surface area contributed by atoms with Gasteiger partial charge in [-0.1, -0.05) is 0 Å². The number of hydrogen-bond donors (Lipinski definition) is 0. The highest BCUT2D eigenvalue weighted by Crippen LogP contribution is 2.37. The van der Waals surface area contributed by atoms with Crippen molar-refractivity contribution in [2.75, 3.05) is 33.9 Å². The summed E-state index contributed by atoms with van der Waals surface area (Å²) in [4.78, 5) is 14.1. The summed E-state index contributed by atoms with van der Waals surface area (Å²) in [7, 11) is 3.20. The van der Waals surface area contributed by atoms with Gasteiger partial charge < -0.3 is 23.6 Å². The summed E-state index contributed by atoms with van der Waals surface area (Å²) >= 11 is 0. The third-order valence-corrected chi connectivity index (χ3v) is 4.38. The summed E-state index contributed by atoms with van der Waals surface area (Å²) in [6.07, 6.45) is 2.72. The third-order valence-electron chi connectivity index (χ3n) is 4.38. The van der Waals surface area contributed by atoms with Crippen molar-refractivity contribution in [3.05, 3.63) is 11.8 Å². The van der Waals surface area contributed by atoms with Crippen LogP contribution in [0, 0.1) is 0 Å². The number of amides is 1. The van der Waals surface area contributed by atoms with Crippen LogP contribution in [0.2, 0.25) is 0 Å². The smallest absolute Gasteiger partial charge is 0.292 e. The summed E-state index contributed by atoms with van der Waals surface area (Å²) in [6.45, 7) is 1.94. The van der Waals surface area contributed by atoms with Gasteiger partial charge in [0.05, 0.1) is 31.5 Å². The molecule has 3 heterocycles. The zero-order valence-electron chi connectivity index (χ0n) is 12.3. The third kappa shape index (κ3) is 2.75. The summed E-state index contributed by atoms with van der Waals surface area (Å²) in [5, 5.41) is 3.66. The maximum Gasteiger partial charge on any atom is 0.292 e. The van der Waals surface area contributed by atoms with Gasteiger partial charge in [0.25, 0.3) is 11.8 Å². The lowest BCUT2D eigenvalue weighted by Crippen LogP contribution is -2.46. The number of hydrogen-bond acceptors (Lipinski definition) is 6. The van der Waals surface area contributed by atoms with Crippen molar-refractivity contribution < 1.29 is 23.5 Å². The van der Waals surface area contributed by atoms with Gasteiger partial charge in [0.15, 0.2) is 0 Å². The van der Waals surface area contributed by atoms with E-state index in [9.17, 15) is 4.79 Å². The van der Waals surface area contributed by atoms with Gasteiger partial charge in [0.1, 0.15) is 0 Å². The van der Waals surface area contributed by atoms with E-state index in [0.29, 0.717) is 25.6 Å². The molecule has 0 saturated carbocycles. The van der Waals surface area contributed by atoms with E-state index in [1.807, 2.05) is 0 Å². The van der Waals surface area contributed by atoms with Crippen LogP contribution >= 0.6 is 0 Å². The molecule has 0 bridgehead atoms. The second-order valence-corrected chi connectivity index (χ2v) is 5.58. The fourth-order valence-corrected chi connectivity index (χ4v) is 3.03. The molecule has 2 aliphatic rings. The Morgan fingerprint density at radius 1 is 1.43 bits per heavy atom. The Bertz CT molecular complexity index is 507. The van der Waals surface area contributed by atoms with Gasteiger partial charge in [-0.3, -0.25) is 4.79 Å². The quantitative estimate of drug-likeness (QED) is 0.831. The van der Waals surface area contributed by atoms with E-state index in [2.05, 4.69) is 5.16 Å². The lowest BCUT2D eigenvalue weighted by molar-refractivity contribution is -0.0406. The van der Waals surface area contributed by atoms with E-state index in [1.165, 1.54) is 13.2 Å². The Morgan fingerprint density at radius 2 is 2.19 bits per heavy atom. The largest absolute Gasteiger partial charge is 0.479 e. The average molecular weight is 296 g/mol. The van der Waals surface area contributed by atoms with Gasteiger partial charge >= 0.3 is 0 Å². The van der Waals surface area contributed by atoms with Gasteiger partial charge in [-0.15, -0.1) is 0 Å². The first-order chi connectivity index (χ1) is 10.2. The van der Waals surface area contributed by atoms with E-state index in [-0.39, 0.29) is 23.4 Å². The Kier molecular flexibility index (Phi) is 3.86. The summed E-state index contributed by atoms with van der Waals surface area (Å²) in [5.41, 5.74) is -0.128. The predicted octanol–water partition coefficient (Wildman–Crippen LogP) is 1.09. The van der Waals surface area contributed by atoms with Crippen molar-refractivity contribution in [3.8, 4) is 5.88 Å². The molecule has 0 aromatic carbocycles. The Labute approximate surface area is 123 Å². The number of rotatable bonds is 3. The molecule has 1 spiro atoms. The second-order valence-electron chi connectivity index (χ2n) is 5.58. The molecular weight excluding hydrogens is 276 g/mol. The molecule has 116 valence electrons. The molecule has 1 unspecified atom stereocenters. The molecule has 21 heavy (non-hydrogen) atoms. The van der Waals surface area contributed by atoms with Gasteiger partial charge in [-0.2, -0.15) is 0 Å². The number of carbonyl (C=O) groups excluding carboxylic acids is 1. The summed E-state index contributed by atoms with van der Waals surface area (Å²) < 4.78 is 21.2. The van der Waals surface area contributed by atoms with Gasteiger partial charge in [0, 0.05) is 26.6 Å². The van der Waals surface area contributed by atoms with E-state index in [1.54, 1.807) is 12.0 Å². The minimum atomic E-state index is -0.151. The molecule has 1 aromatic heterocycles. The van der Waals surface area contributed by atoms with Crippen LogP contribution in [0.1, 0.15) is 29.8 Å². The zero-order chi connectivity index (χ0) is 14.9. The topological polar surface area (TPSA) is 74.0 Å². The highest BCUT2D eigenvalue weighted by molar-refractivity contribution is 5.91. The van der Waals surface area contributed by atoms with Crippen LogP contribution in [-0.4, -0.2) is 61.6 Å². The van der Waals surface area contributed by atoms with Crippen molar-refractivity contribution in [3.63, 3.8) is 0 Å². The van der Waals surface area contributed by atoms with E-state index in [4.69, 9.17) is 18.7 Å². The number of ether oxygens (including phenoxy) is 3. The molecule has 7 heteroatoms. The van der Waals surface area contributed by atoms with Crippen LogP contribution in [0.15, 0.2) is 10.6 Å². The van der Waals surface area contributed by atoms with E-state index in [0.717, 1.165) is 19.3 Å². The van der Waals surface area contributed by atoms with Gasteiger partial charge in [-0.05, 0) is 18.0 Å². The van der Waals surface area contributed by atoms with Crippen LogP contribution in [0.4, 0.5) is 0 Å².